The number of benzene rings is 1. The minimum Gasteiger partial charge on any atom is -0.456 e. The molecule has 0 fully saturated rings. The summed E-state index contributed by atoms with van der Waals surface area (Å²) in [6, 6.07) is 11.6. The highest BCUT2D eigenvalue weighted by molar-refractivity contribution is 5.34. The van der Waals surface area contributed by atoms with Crippen molar-refractivity contribution in [3.05, 3.63) is 54.4 Å². The maximum absolute atomic E-state index is 5.99. The standard InChI is InChI=1S/C14H16N2O/c1-2-14(15)11-5-3-6-12(9-11)17-13-7-4-8-16-10-13/h3-10,14H,2,15H2,1H3. The first-order chi connectivity index (χ1) is 8.29. The fourth-order valence-electron chi connectivity index (χ4n) is 1.59. The second kappa shape index (κ2) is 5.46. The van der Waals surface area contributed by atoms with Crippen molar-refractivity contribution in [2.24, 2.45) is 5.73 Å². The molecule has 0 bridgehead atoms. The Morgan fingerprint density at radius 2 is 2.06 bits per heavy atom. The number of pyridine rings is 1. The smallest absolute Gasteiger partial charge is 0.145 e. The largest absolute Gasteiger partial charge is 0.456 e. The van der Waals surface area contributed by atoms with E-state index in [0.717, 1.165) is 23.5 Å². The normalized spacial score (nSPS) is 12.1. The second-order valence-corrected chi connectivity index (χ2v) is 3.88. The van der Waals surface area contributed by atoms with Gasteiger partial charge in [0.05, 0.1) is 6.20 Å². The Bertz CT molecular complexity index is 471. The van der Waals surface area contributed by atoms with E-state index < -0.39 is 0 Å². The Morgan fingerprint density at radius 3 is 2.76 bits per heavy atom. The number of aromatic nitrogens is 1. The molecule has 88 valence electrons. The van der Waals surface area contributed by atoms with Crippen LogP contribution in [0.5, 0.6) is 11.5 Å². The Hall–Kier alpha value is -1.87. The molecule has 2 N–H and O–H groups in total. The first-order valence-electron chi connectivity index (χ1n) is 5.73. The monoisotopic (exact) mass is 228 g/mol. The Balaban J connectivity index is 2.17. The molecule has 1 aromatic heterocycles. The lowest BCUT2D eigenvalue weighted by atomic mass is 10.1. The average molecular weight is 228 g/mol. The van der Waals surface area contributed by atoms with Gasteiger partial charge in [-0.3, -0.25) is 4.98 Å². The van der Waals surface area contributed by atoms with E-state index in [1.807, 2.05) is 36.4 Å². The van der Waals surface area contributed by atoms with Gasteiger partial charge in [0.25, 0.3) is 0 Å². The van der Waals surface area contributed by atoms with Crippen molar-refractivity contribution in [2.75, 3.05) is 0 Å². The lowest BCUT2D eigenvalue weighted by molar-refractivity contribution is 0.478. The van der Waals surface area contributed by atoms with Gasteiger partial charge < -0.3 is 10.5 Å². The molecular weight excluding hydrogens is 212 g/mol. The number of hydrogen-bond acceptors (Lipinski definition) is 3. The highest BCUT2D eigenvalue weighted by atomic mass is 16.5. The number of rotatable bonds is 4. The molecule has 2 rings (SSSR count). The second-order valence-electron chi connectivity index (χ2n) is 3.88. The quantitative estimate of drug-likeness (QED) is 0.873. The maximum atomic E-state index is 5.99. The predicted molar refractivity (Wildman–Crippen MR) is 68.0 cm³/mol. The molecular formula is C14H16N2O. The molecule has 3 nitrogen and oxygen atoms in total. The molecule has 0 aliphatic rings. The molecule has 0 radical (unpaired) electrons. The highest BCUT2D eigenvalue weighted by Crippen LogP contribution is 2.24. The van der Waals surface area contributed by atoms with E-state index in [4.69, 9.17) is 10.5 Å². The van der Waals surface area contributed by atoms with E-state index in [1.165, 1.54) is 0 Å². The third-order valence-corrected chi connectivity index (χ3v) is 2.60. The molecule has 0 saturated heterocycles. The van der Waals surface area contributed by atoms with Crippen LogP contribution in [0.2, 0.25) is 0 Å². The summed E-state index contributed by atoms with van der Waals surface area (Å²) in [5, 5.41) is 0. The van der Waals surface area contributed by atoms with Gasteiger partial charge in [0.15, 0.2) is 0 Å². The van der Waals surface area contributed by atoms with Crippen molar-refractivity contribution >= 4 is 0 Å². The summed E-state index contributed by atoms with van der Waals surface area (Å²) in [5.41, 5.74) is 7.08. The van der Waals surface area contributed by atoms with E-state index in [2.05, 4.69) is 11.9 Å². The summed E-state index contributed by atoms with van der Waals surface area (Å²) in [6.07, 6.45) is 4.32. The summed E-state index contributed by atoms with van der Waals surface area (Å²) >= 11 is 0. The van der Waals surface area contributed by atoms with Crippen LogP contribution >= 0.6 is 0 Å². The van der Waals surface area contributed by atoms with Crippen LogP contribution < -0.4 is 10.5 Å². The molecule has 1 aromatic carbocycles. The van der Waals surface area contributed by atoms with Crippen LogP contribution in [0.15, 0.2) is 48.8 Å². The average Bonchev–Trinajstić information content (AvgIpc) is 2.39. The Morgan fingerprint density at radius 1 is 1.24 bits per heavy atom. The zero-order valence-electron chi connectivity index (χ0n) is 9.84. The van der Waals surface area contributed by atoms with E-state index in [-0.39, 0.29) is 6.04 Å². The van der Waals surface area contributed by atoms with Crippen LogP contribution in [0.3, 0.4) is 0 Å². The minimum atomic E-state index is 0.0625. The number of nitrogens with two attached hydrogens (primary N) is 1. The molecule has 0 aliphatic heterocycles. The predicted octanol–water partition coefficient (Wildman–Crippen LogP) is 3.28. The zero-order chi connectivity index (χ0) is 12.1. The van der Waals surface area contributed by atoms with Crippen LogP contribution in [0.4, 0.5) is 0 Å². The first kappa shape index (κ1) is 11.6. The van der Waals surface area contributed by atoms with Crippen molar-refractivity contribution < 1.29 is 4.74 Å². The summed E-state index contributed by atoms with van der Waals surface area (Å²) in [7, 11) is 0. The summed E-state index contributed by atoms with van der Waals surface area (Å²) < 4.78 is 5.70. The zero-order valence-corrected chi connectivity index (χ0v) is 9.84. The van der Waals surface area contributed by atoms with Crippen LogP contribution in [0.25, 0.3) is 0 Å². The van der Waals surface area contributed by atoms with Gasteiger partial charge in [-0.15, -0.1) is 0 Å². The molecule has 0 aliphatic carbocycles. The molecule has 1 atom stereocenters. The maximum Gasteiger partial charge on any atom is 0.145 e. The van der Waals surface area contributed by atoms with Crippen molar-refractivity contribution in [1.29, 1.82) is 0 Å². The summed E-state index contributed by atoms with van der Waals surface area (Å²) in [6.45, 7) is 2.07. The van der Waals surface area contributed by atoms with E-state index in [0.29, 0.717) is 0 Å². The third-order valence-electron chi connectivity index (χ3n) is 2.60. The third kappa shape index (κ3) is 3.04. The summed E-state index contributed by atoms with van der Waals surface area (Å²) in [5.74, 6) is 1.52. The fourth-order valence-corrected chi connectivity index (χ4v) is 1.59. The van der Waals surface area contributed by atoms with E-state index >= 15 is 0 Å². The first-order valence-corrected chi connectivity index (χ1v) is 5.73. The Labute approximate surface area is 101 Å². The van der Waals surface area contributed by atoms with Gasteiger partial charge in [0, 0.05) is 12.2 Å². The van der Waals surface area contributed by atoms with Crippen LogP contribution in [-0.2, 0) is 0 Å². The van der Waals surface area contributed by atoms with Crippen LogP contribution in [-0.4, -0.2) is 4.98 Å². The molecule has 0 amide bonds. The molecule has 17 heavy (non-hydrogen) atoms. The topological polar surface area (TPSA) is 48.1 Å². The molecule has 0 spiro atoms. The number of hydrogen-bond donors (Lipinski definition) is 1. The molecule has 1 heterocycles. The fraction of sp³-hybridized carbons (Fsp3) is 0.214. The van der Waals surface area contributed by atoms with Gasteiger partial charge in [-0.1, -0.05) is 19.1 Å². The van der Waals surface area contributed by atoms with Gasteiger partial charge in [0.2, 0.25) is 0 Å². The minimum absolute atomic E-state index is 0.0625. The van der Waals surface area contributed by atoms with Crippen LogP contribution in [0.1, 0.15) is 24.9 Å². The van der Waals surface area contributed by atoms with Gasteiger partial charge in [-0.05, 0) is 36.2 Å². The van der Waals surface area contributed by atoms with E-state index in [1.54, 1.807) is 12.4 Å². The highest BCUT2D eigenvalue weighted by Gasteiger charge is 2.04. The lowest BCUT2D eigenvalue weighted by Crippen LogP contribution is -2.08. The van der Waals surface area contributed by atoms with Crippen molar-refractivity contribution in [3.63, 3.8) is 0 Å². The SMILES string of the molecule is CCC(N)c1cccc(Oc2cccnc2)c1. The van der Waals surface area contributed by atoms with Gasteiger partial charge in [0.1, 0.15) is 11.5 Å². The van der Waals surface area contributed by atoms with Crippen molar-refractivity contribution in [2.45, 2.75) is 19.4 Å². The van der Waals surface area contributed by atoms with Gasteiger partial charge in [-0.25, -0.2) is 0 Å². The molecule has 3 heteroatoms. The lowest BCUT2D eigenvalue weighted by Gasteiger charge is -2.11. The van der Waals surface area contributed by atoms with Crippen LogP contribution in [0, 0.1) is 0 Å². The number of nitrogens with zero attached hydrogens (tertiary/aromatic N) is 1. The summed E-state index contributed by atoms with van der Waals surface area (Å²) in [4.78, 5) is 4.00. The molecule has 2 aromatic rings. The molecule has 1 unspecified atom stereocenters. The Kier molecular flexibility index (Phi) is 3.73. The van der Waals surface area contributed by atoms with Gasteiger partial charge in [-0.2, -0.15) is 0 Å². The van der Waals surface area contributed by atoms with Gasteiger partial charge >= 0.3 is 0 Å². The van der Waals surface area contributed by atoms with E-state index in [9.17, 15) is 0 Å². The van der Waals surface area contributed by atoms with Crippen molar-refractivity contribution in [3.8, 4) is 11.5 Å². The number of ether oxygens (including phenoxy) is 1. The van der Waals surface area contributed by atoms with Crippen molar-refractivity contribution in [1.82, 2.24) is 4.98 Å². The molecule has 0 saturated carbocycles.